The Morgan fingerprint density at radius 1 is 1.12 bits per heavy atom. The maximum atomic E-state index is 12.6. The van der Waals surface area contributed by atoms with Crippen LogP contribution in [-0.4, -0.2) is 30.8 Å². The molecule has 4 aromatic rings. The van der Waals surface area contributed by atoms with Crippen molar-refractivity contribution in [2.75, 3.05) is 10.6 Å². The summed E-state index contributed by atoms with van der Waals surface area (Å²) in [5.41, 5.74) is 2.32. The SMILES string of the molecule is C=C(C)c1cc(NC(=O)Nc2ccc(Oc3ccnc4[nH]c(=O)[nH]c34)cc2)n(C(C)(C)C)n1. The van der Waals surface area contributed by atoms with Crippen molar-refractivity contribution < 1.29 is 9.53 Å². The Morgan fingerprint density at radius 3 is 2.52 bits per heavy atom. The first kappa shape index (κ1) is 21.9. The standard InChI is InChI=1S/C23H25N7O3/c1-13(2)16-12-18(30(29-16)23(3,4)5)26-21(31)25-14-6-8-15(9-7-14)33-17-10-11-24-20-19(17)27-22(32)28-20/h6-12H,1H2,2-5H3,(H2,25,26,31)(H2,24,27,28,32). The van der Waals surface area contributed by atoms with Gasteiger partial charge < -0.3 is 15.0 Å². The Bertz CT molecular complexity index is 1390. The summed E-state index contributed by atoms with van der Waals surface area (Å²) in [5.74, 6) is 1.56. The number of benzene rings is 1. The van der Waals surface area contributed by atoms with Crippen molar-refractivity contribution in [2.24, 2.45) is 0 Å². The van der Waals surface area contributed by atoms with Gasteiger partial charge in [-0.15, -0.1) is 0 Å². The van der Waals surface area contributed by atoms with Crippen molar-refractivity contribution in [1.82, 2.24) is 24.7 Å². The lowest BCUT2D eigenvalue weighted by Crippen LogP contribution is -2.28. The lowest BCUT2D eigenvalue weighted by Gasteiger charge is -2.22. The molecule has 0 unspecified atom stereocenters. The van der Waals surface area contributed by atoms with Gasteiger partial charge in [-0.05, 0) is 57.5 Å². The number of rotatable bonds is 5. The van der Waals surface area contributed by atoms with E-state index in [0.29, 0.717) is 34.2 Å². The average molecular weight is 447 g/mol. The third-order valence-corrected chi connectivity index (χ3v) is 4.75. The number of ether oxygens (including phenoxy) is 1. The third-order valence-electron chi connectivity index (χ3n) is 4.75. The van der Waals surface area contributed by atoms with Crippen molar-refractivity contribution in [3.63, 3.8) is 0 Å². The number of aromatic amines is 2. The summed E-state index contributed by atoms with van der Waals surface area (Å²) in [4.78, 5) is 33.5. The maximum Gasteiger partial charge on any atom is 0.325 e. The lowest BCUT2D eigenvalue weighted by atomic mass is 10.1. The maximum absolute atomic E-state index is 12.6. The number of amides is 2. The van der Waals surface area contributed by atoms with Crippen LogP contribution in [0.3, 0.4) is 0 Å². The smallest absolute Gasteiger partial charge is 0.325 e. The number of aromatic nitrogens is 5. The molecule has 0 saturated heterocycles. The number of urea groups is 1. The molecule has 0 bridgehead atoms. The molecule has 0 spiro atoms. The number of nitrogens with zero attached hydrogens (tertiary/aromatic N) is 3. The zero-order chi connectivity index (χ0) is 23.8. The molecule has 2 amide bonds. The first-order valence-corrected chi connectivity index (χ1v) is 10.3. The Labute approximate surface area is 189 Å². The zero-order valence-corrected chi connectivity index (χ0v) is 18.8. The molecule has 4 N–H and O–H groups in total. The van der Waals surface area contributed by atoms with E-state index < -0.39 is 6.03 Å². The van der Waals surface area contributed by atoms with E-state index in [1.165, 1.54) is 0 Å². The predicted octanol–water partition coefficient (Wildman–Crippen LogP) is 4.67. The largest absolute Gasteiger partial charge is 0.455 e. The van der Waals surface area contributed by atoms with Gasteiger partial charge in [0.2, 0.25) is 0 Å². The van der Waals surface area contributed by atoms with E-state index in [1.807, 2.05) is 27.7 Å². The number of hydrogen-bond acceptors (Lipinski definition) is 5. The molecule has 3 heterocycles. The summed E-state index contributed by atoms with van der Waals surface area (Å²) in [6.45, 7) is 11.8. The molecule has 0 aliphatic carbocycles. The van der Waals surface area contributed by atoms with E-state index in [-0.39, 0.29) is 11.2 Å². The second kappa shape index (κ2) is 8.30. The monoisotopic (exact) mass is 447 g/mol. The second-order valence-corrected chi connectivity index (χ2v) is 8.60. The van der Waals surface area contributed by atoms with Gasteiger partial charge in [-0.2, -0.15) is 5.10 Å². The number of pyridine rings is 1. The predicted molar refractivity (Wildman–Crippen MR) is 128 cm³/mol. The fourth-order valence-corrected chi connectivity index (χ4v) is 3.20. The molecule has 0 fully saturated rings. The van der Waals surface area contributed by atoms with Crippen LogP contribution in [0.4, 0.5) is 16.3 Å². The van der Waals surface area contributed by atoms with E-state index in [2.05, 4.69) is 37.3 Å². The number of anilines is 2. The second-order valence-electron chi connectivity index (χ2n) is 8.60. The fourth-order valence-electron chi connectivity index (χ4n) is 3.20. The fraction of sp³-hybridized carbons (Fsp3) is 0.217. The average Bonchev–Trinajstić information content (AvgIpc) is 3.33. The molecular weight excluding hydrogens is 422 g/mol. The van der Waals surface area contributed by atoms with Crippen LogP contribution in [0, 0.1) is 0 Å². The van der Waals surface area contributed by atoms with Gasteiger partial charge in [0.15, 0.2) is 11.4 Å². The minimum atomic E-state index is -0.400. The number of fused-ring (bicyclic) bond motifs is 1. The van der Waals surface area contributed by atoms with Gasteiger partial charge in [0.1, 0.15) is 17.1 Å². The highest BCUT2D eigenvalue weighted by Crippen LogP contribution is 2.27. The highest BCUT2D eigenvalue weighted by Gasteiger charge is 2.21. The topological polar surface area (TPSA) is 130 Å². The molecule has 10 heteroatoms. The van der Waals surface area contributed by atoms with Crippen LogP contribution in [0.15, 0.2) is 54.0 Å². The highest BCUT2D eigenvalue weighted by atomic mass is 16.5. The Hall–Kier alpha value is -4.34. The van der Waals surface area contributed by atoms with Crippen molar-refractivity contribution in [2.45, 2.75) is 33.2 Å². The zero-order valence-electron chi connectivity index (χ0n) is 18.8. The van der Waals surface area contributed by atoms with Crippen LogP contribution in [0.1, 0.15) is 33.4 Å². The van der Waals surface area contributed by atoms with Crippen LogP contribution in [0.5, 0.6) is 11.5 Å². The van der Waals surface area contributed by atoms with Gasteiger partial charge in [0, 0.05) is 24.0 Å². The van der Waals surface area contributed by atoms with Gasteiger partial charge >= 0.3 is 11.7 Å². The molecule has 4 rings (SSSR count). The highest BCUT2D eigenvalue weighted by molar-refractivity contribution is 5.99. The van der Waals surface area contributed by atoms with E-state index in [4.69, 9.17) is 4.74 Å². The number of carbonyl (C=O) groups excluding carboxylic acids is 1. The molecule has 3 aromatic heterocycles. The van der Waals surface area contributed by atoms with Gasteiger partial charge in [0.25, 0.3) is 0 Å². The van der Waals surface area contributed by atoms with Gasteiger partial charge in [-0.3, -0.25) is 10.3 Å². The number of nitrogens with one attached hydrogen (secondary N) is 4. The van der Waals surface area contributed by atoms with Crippen LogP contribution >= 0.6 is 0 Å². The molecule has 0 atom stereocenters. The van der Waals surface area contributed by atoms with Crippen molar-refractivity contribution in [3.8, 4) is 11.5 Å². The van der Waals surface area contributed by atoms with E-state index in [0.717, 1.165) is 11.3 Å². The lowest BCUT2D eigenvalue weighted by molar-refractivity contribution is 0.261. The van der Waals surface area contributed by atoms with Crippen LogP contribution in [0.2, 0.25) is 0 Å². The molecule has 0 saturated carbocycles. The number of carbonyl (C=O) groups is 1. The van der Waals surface area contributed by atoms with E-state index >= 15 is 0 Å². The van der Waals surface area contributed by atoms with E-state index in [1.54, 1.807) is 47.3 Å². The van der Waals surface area contributed by atoms with Gasteiger partial charge in [0.05, 0.1) is 11.2 Å². The summed E-state index contributed by atoms with van der Waals surface area (Å²) >= 11 is 0. The molecular formula is C23H25N7O3. The molecule has 1 aromatic carbocycles. The number of allylic oxidation sites excluding steroid dienone is 1. The quantitative estimate of drug-likeness (QED) is 0.353. The summed E-state index contributed by atoms with van der Waals surface area (Å²) < 4.78 is 7.62. The molecule has 0 aliphatic heterocycles. The summed E-state index contributed by atoms with van der Waals surface area (Å²) in [6.07, 6.45) is 1.54. The van der Waals surface area contributed by atoms with E-state index in [9.17, 15) is 9.59 Å². The molecule has 170 valence electrons. The van der Waals surface area contributed by atoms with Gasteiger partial charge in [-0.25, -0.2) is 19.3 Å². The van der Waals surface area contributed by atoms with Crippen LogP contribution < -0.4 is 21.1 Å². The van der Waals surface area contributed by atoms with Gasteiger partial charge in [-0.1, -0.05) is 6.58 Å². The molecule has 0 aliphatic rings. The normalized spacial score (nSPS) is 11.4. The van der Waals surface area contributed by atoms with Crippen molar-refractivity contribution in [1.29, 1.82) is 0 Å². The summed E-state index contributed by atoms with van der Waals surface area (Å²) in [6, 6.07) is 9.91. The minimum absolute atomic E-state index is 0.322. The van der Waals surface area contributed by atoms with Crippen LogP contribution in [0.25, 0.3) is 16.7 Å². The van der Waals surface area contributed by atoms with Crippen LogP contribution in [-0.2, 0) is 5.54 Å². The molecule has 0 radical (unpaired) electrons. The number of imidazole rings is 1. The Morgan fingerprint density at radius 2 is 1.85 bits per heavy atom. The Balaban J connectivity index is 1.46. The summed E-state index contributed by atoms with van der Waals surface area (Å²) in [7, 11) is 0. The molecule has 33 heavy (non-hydrogen) atoms. The first-order valence-electron chi connectivity index (χ1n) is 10.3. The van der Waals surface area contributed by atoms with Crippen molar-refractivity contribution >= 4 is 34.3 Å². The van der Waals surface area contributed by atoms with Crippen molar-refractivity contribution in [3.05, 3.63) is 65.4 Å². The Kier molecular flexibility index (Phi) is 5.50. The number of H-pyrrole nitrogens is 2. The number of hydrogen-bond donors (Lipinski definition) is 4. The summed E-state index contributed by atoms with van der Waals surface area (Å²) in [5, 5.41) is 10.2. The third kappa shape index (κ3) is 4.79. The first-order chi connectivity index (χ1) is 15.6. The minimum Gasteiger partial charge on any atom is -0.455 e. The molecule has 10 nitrogen and oxygen atoms in total.